The molecule has 0 atom stereocenters. The van der Waals surface area contributed by atoms with Crippen LogP contribution in [0.4, 0.5) is 5.69 Å². The molecule has 3 aromatic rings. The fraction of sp³-hybridized carbons (Fsp3) is 0.261. The molecular formula is C23H25NO3. The van der Waals surface area contributed by atoms with Gasteiger partial charge in [-0.05, 0) is 59.0 Å². The first-order valence-corrected chi connectivity index (χ1v) is 9.25. The molecule has 0 unspecified atom stereocenters. The number of aryl methyl sites for hydroxylation is 2. The number of benzene rings is 3. The van der Waals surface area contributed by atoms with Crippen molar-refractivity contribution in [2.75, 3.05) is 19.0 Å². The zero-order valence-corrected chi connectivity index (χ0v) is 16.0. The highest BCUT2D eigenvalue weighted by Crippen LogP contribution is 2.25. The number of amides is 1. The lowest BCUT2D eigenvalue weighted by Gasteiger charge is -2.15. The van der Waals surface area contributed by atoms with E-state index in [2.05, 4.69) is 19.2 Å². The molecule has 27 heavy (non-hydrogen) atoms. The van der Waals surface area contributed by atoms with Crippen molar-refractivity contribution >= 4 is 22.4 Å². The van der Waals surface area contributed by atoms with E-state index in [0.717, 1.165) is 46.2 Å². The molecule has 0 aliphatic heterocycles. The lowest BCUT2D eigenvalue weighted by Crippen LogP contribution is -2.21. The first-order valence-electron chi connectivity index (χ1n) is 9.25. The maximum absolute atomic E-state index is 12.4. The minimum Gasteiger partial charge on any atom is -0.497 e. The van der Waals surface area contributed by atoms with E-state index in [1.807, 2.05) is 54.6 Å². The molecule has 1 amide bonds. The second-order valence-electron chi connectivity index (χ2n) is 6.37. The van der Waals surface area contributed by atoms with Gasteiger partial charge in [0.2, 0.25) is 0 Å². The number of hydrogen-bond donors (Lipinski definition) is 1. The van der Waals surface area contributed by atoms with Crippen molar-refractivity contribution < 1.29 is 14.3 Å². The second kappa shape index (κ2) is 8.58. The van der Waals surface area contributed by atoms with Crippen LogP contribution in [0.5, 0.6) is 11.5 Å². The lowest BCUT2D eigenvalue weighted by atomic mass is 10.0. The van der Waals surface area contributed by atoms with E-state index in [-0.39, 0.29) is 12.5 Å². The Morgan fingerprint density at radius 2 is 1.52 bits per heavy atom. The van der Waals surface area contributed by atoms with E-state index < -0.39 is 0 Å². The Hall–Kier alpha value is -3.01. The minimum atomic E-state index is -0.156. The summed E-state index contributed by atoms with van der Waals surface area (Å²) in [7, 11) is 1.64. The van der Waals surface area contributed by atoms with Crippen molar-refractivity contribution in [2.45, 2.75) is 26.7 Å². The highest BCUT2D eigenvalue weighted by atomic mass is 16.5. The van der Waals surface area contributed by atoms with Gasteiger partial charge in [-0.2, -0.15) is 0 Å². The molecule has 3 aromatic carbocycles. The van der Waals surface area contributed by atoms with Gasteiger partial charge in [-0.3, -0.25) is 4.79 Å². The van der Waals surface area contributed by atoms with Crippen molar-refractivity contribution in [3.63, 3.8) is 0 Å². The number of hydrogen-bond acceptors (Lipinski definition) is 3. The summed E-state index contributed by atoms with van der Waals surface area (Å²) < 4.78 is 11.0. The number of ether oxygens (including phenoxy) is 2. The molecule has 0 bridgehead atoms. The lowest BCUT2D eigenvalue weighted by molar-refractivity contribution is -0.118. The number of para-hydroxylation sites is 1. The predicted octanol–water partition coefficient (Wildman–Crippen LogP) is 4.99. The first kappa shape index (κ1) is 18.8. The fourth-order valence-electron chi connectivity index (χ4n) is 3.15. The molecule has 0 saturated carbocycles. The van der Waals surface area contributed by atoms with E-state index in [1.54, 1.807) is 7.11 Å². The van der Waals surface area contributed by atoms with Crippen molar-refractivity contribution in [3.8, 4) is 11.5 Å². The van der Waals surface area contributed by atoms with Crippen molar-refractivity contribution in [1.29, 1.82) is 0 Å². The molecule has 0 aliphatic rings. The third-order valence-electron chi connectivity index (χ3n) is 4.65. The molecule has 0 aromatic heterocycles. The summed E-state index contributed by atoms with van der Waals surface area (Å²) in [6.07, 6.45) is 1.74. The normalized spacial score (nSPS) is 10.6. The summed E-state index contributed by atoms with van der Waals surface area (Å²) >= 11 is 0. The average Bonchev–Trinajstić information content (AvgIpc) is 2.71. The van der Waals surface area contributed by atoms with Gasteiger partial charge in [0.1, 0.15) is 11.5 Å². The van der Waals surface area contributed by atoms with Gasteiger partial charge >= 0.3 is 0 Å². The molecular weight excluding hydrogens is 338 g/mol. The highest BCUT2D eigenvalue weighted by molar-refractivity contribution is 5.93. The first-order chi connectivity index (χ1) is 13.1. The number of rotatable bonds is 7. The third kappa shape index (κ3) is 4.40. The standard InChI is InChI=1S/C23H25NO3/c1-4-16-7-6-8-17(5-2)23(16)24-22(25)15-27-21-12-10-18-9-11-20(26-3)13-19(18)14-21/h6-14H,4-5,15H2,1-3H3,(H,24,25). The van der Waals surface area contributed by atoms with Crippen molar-refractivity contribution in [1.82, 2.24) is 0 Å². The molecule has 0 spiro atoms. The van der Waals surface area contributed by atoms with Gasteiger partial charge < -0.3 is 14.8 Å². The average molecular weight is 363 g/mol. The number of methoxy groups -OCH3 is 1. The Kier molecular flexibility index (Phi) is 5.97. The summed E-state index contributed by atoms with van der Waals surface area (Å²) in [5.74, 6) is 1.29. The molecule has 0 heterocycles. The molecule has 1 N–H and O–H groups in total. The maximum Gasteiger partial charge on any atom is 0.262 e. The summed E-state index contributed by atoms with van der Waals surface area (Å²) in [5.41, 5.74) is 3.19. The van der Waals surface area contributed by atoms with Gasteiger partial charge in [-0.25, -0.2) is 0 Å². The maximum atomic E-state index is 12.4. The Bertz CT molecular complexity index is 927. The number of anilines is 1. The number of carbonyl (C=O) groups excluding carboxylic acids is 1. The van der Waals surface area contributed by atoms with Crippen LogP contribution < -0.4 is 14.8 Å². The Morgan fingerprint density at radius 3 is 2.15 bits per heavy atom. The van der Waals surface area contributed by atoms with E-state index in [0.29, 0.717) is 5.75 Å². The van der Waals surface area contributed by atoms with Gasteiger partial charge in [0, 0.05) is 5.69 Å². The van der Waals surface area contributed by atoms with Crippen LogP contribution >= 0.6 is 0 Å². The Morgan fingerprint density at radius 1 is 0.889 bits per heavy atom. The smallest absolute Gasteiger partial charge is 0.262 e. The quantitative estimate of drug-likeness (QED) is 0.643. The molecule has 4 heteroatoms. The number of carbonyl (C=O) groups is 1. The largest absolute Gasteiger partial charge is 0.497 e. The van der Waals surface area contributed by atoms with Crippen LogP contribution in [0.15, 0.2) is 54.6 Å². The monoisotopic (exact) mass is 363 g/mol. The van der Waals surface area contributed by atoms with Crippen LogP contribution in [0.25, 0.3) is 10.8 Å². The summed E-state index contributed by atoms with van der Waals surface area (Å²) in [6, 6.07) is 17.8. The van der Waals surface area contributed by atoms with E-state index >= 15 is 0 Å². The van der Waals surface area contributed by atoms with Gasteiger partial charge in [-0.15, -0.1) is 0 Å². The van der Waals surface area contributed by atoms with Crippen molar-refractivity contribution in [3.05, 3.63) is 65.7 Å². The molecule has 140 valence electrons. The SMILES string of the molecule is CCc1cccc(CC)c1NC(=O)COc1ccc2ccc(OC)cc2c1. The number of fused-ring (bicyclic) bond motifs is 1. The molecule has 0 saturated heterocycles. The molecule has 3 rings (SSSR count). The summed E-state index contributed by atoms with van der Waals surface area (Å²) in [4.78, 5) is 12.4. The minimum absolute atomic E-state index is 0.0311. The molecule has 0 aliphatic carbocycles. The van der Waals surface area contributed by atoms with Crippen LogP contribution in [0.2, 0.25) is 0 Å². The third-order valence-corrected chi connectivity index (χ3v) is 4.65. The summed E-state index contributed by atoms with van der Waals surface area (Å²) in [6.45, 7) is 4.14. The van der Waals surface area contributed by atoms with E-state index in [1.165, 1.54) is 0 Å². The van der Waals surface area contributed by atoms with Crippen LogP contribution in [0.1, 0.15) is 25.0 Å². The Balaban J connectivity index is 1.70. The van der Waals surface area contributed by atoms with Crippen LogP contribution in [-0.4, -0.2) is 19.6 Å². The van der Waals surface area contributed by atoms with Gasteiger partial charge in [-0.1, -0.05) is 44.2 Å². The van der Waals surface area contributed by atoms with Gasteiger partial charge in [0.25, 0.3) is 5.91 Å². The second-order valence-corrected chi connectivity index (χ2v) is 6.37. The predicted molar refractivity (Wildman–Crippen MR) is 110 cm³/mol. The zero-order valence-electron chi connectivity index (χ0n) is 16.0. The van der Waals surface area contributed by atoms with Gasteiger partial charge in [0.05, 0.1) is 7.11 Å². The van der Waals surface area contributed by atoms with Gasteiger partial charge in [0.15, 0.2) is 6.61 Å². The topological polar surface area (TPSA) is 47.6 Å². The zero-order chi connectivity index (χ0) is 19.2. The van der Waals surface area contributed by atoms with E-state index in [9.17, 15) is 4.79 Å². The van der Waals surface area contributed by atoms with Crippen LogP contribution in [0, 0.1) is 0 Å². The van der Waals surface area contributed by atoms with Crippen molar-refractivity contribution in [2.24, 2.45) is 0 Å². The molecule has 0 fully saturated rings. The summed E-state index contributed by atoms with van der Waals surface area (Å²) in [5, 5.41) is 5.13. The highest BCUT2D eigenvalue weighted by Gasteiger charge is 2.11. The fourth-order valence-corrected chi connectivity index (χ4v) is 3.15. The molecule has 4 nitrogen and oxygen atoms in total. The van der Waals surface area contributed by atoms with Crippen LogP contribution in [0.3, 0.4) is 0 Å². The molecule has 0 radical (unpaired) electrons. The van der Waals surface area contributed by atoms with Crippen LogP contribution in [-0.2, 0) is 17.6 Å². The van der Waals surface area contributed by atoms with E-state index in [4.69, 9.17) is 9.47 Å². The number of nitrogens with one attached hydrogen (secondary N) is 1. The Labute approximate surface area is 160 Å².